The molecule has 2 atom stereocenters. The van der Waals surface area contributed by atoms with Crippen LogP contribution in [-0.4, -0.2) is 74.9 Å². The van der Waals surface area contributed by atoms with E-state index in [9.17, 15) is 19.0 Å². The van der Waals surface area contributed by atoms with E-state index < -0.39 is 26.5 Å². The standard InChI is InChI=1S/C70H138NO8P/c1-6-8-10-12-14-16-18-20-22-24-26-28-30-31-32-33-34-35-36-37-38-39-41-43-45-47-49-51-53-55-57-59-61-63-70(73)79-68(67-78-80(74,75)77-65-64-71(3,4)5)66-76-69(72)62-60-58-56-54-52-50-48-46-44-42-40-29-27-25-23-21-19-17-15-13-11-9-7-2/h24,26,68H,6-23,25,27-67H2,1-5H3/p+1/b26-24-. The minimum atomic E-state index is -4.38. The van der Waals surface area contributed by atoms with Gasteiger partial charge in [0.25, 0.3) is 0 Å². The van der Waals surface area contributed by atoms with E-state index in [1.165, 1.54) is 308 Å². The van der Waals surface area contributed by atoms with E-state index in [0.717, 1.165) is 38.5 Å². The maximum Gasteiger partial charge on any atom is 0.472 e. The number of quaternary nitrogens is 1. The summed E-state index contributed by atoms with van der Waals surface area (Å²) in [5.41, 5.74) is 0. The van der Waals surface area contributed by atoms with Crippen LogP contribution in [0.15, 0.2) is 12.2 Å². The lowest BCUT2D eigenvalue weighted by atomic mass is 10.0. The van der Waals surface area contributed by atoms with Crippen LogP contribution in [0.3, 0.4) is 0 Å². The molecule has 10 heteroatoms. The minimum Gasteiger partial charge on any atom is -0.462 e. The second kappa shape index (κ2) is 62.3. The summed E-state index contributed by atoms with van der Waals surface area (Å²) in [6.07, 6.45) is 76.1. The average molecular weight is 1150 g/mol. The molecule has 0 fully saturated rings. The van der Waals surface area contributed by atoms with Gasteiger partial charge in [0.2, 0.25) is 0 Å². The van der Waals surface area contributed by atoms with Crippen LogP contribution in [0.2, 0.25) is 0 Å². The first-order valence-corrected chi connectivity index (χ1v) is 36.9. The molecule has 9 nitrogen and oxygen atoms in total. The molecule has 0 bridgehead atoms. The Hall–Kier alpha value is -1.25. The maximum absolute atomic E-state index is 12.9. The molecule has 80 heavy (non-hydrogen) atoms. The molecular weight excluding hydrogens is 1010 g/mol. The summed E-state index contributed by atoms with van der Waals surface area (Å²) in [5, 5.41) is 0. The summed E-state index contributed by atoms with van der Waals surface area (Å²) in [4.78, 5) is 35.9. The monoisotopic (exact) mass is 1150 g/mol. The van der Waals surface area contributed by atoms with Crippen molar-refractivity contribution in [3.05, 3.63) is 12.2 Å². The predicted molar refractivity (Wildman–Crippen MR) is 345 cm³/mol. The molecule has 0 aromatic rings. The Balaban J connectivity index is 3.96. The van der Waals surface area contributed by atoms with Gasteiger partial charge in [-0.05, 0) is 38.5 Å². The lowest BCUT2D eigenvalue weighted by molar-refractivity contribution is -0.870. The van der Waals surface area contributed by atoms with Crippen molar-refractivity contribution in [3.63, 3.8) is 0 Å². The Labute approximate surface area is 498 Å². The summed E-state index contributed by atoms with van der Waals surface area (Å²) in [5.74, 6) is -0.770. The number of carbonyl (C=O) groups is 2. The van der Waals surface area contributed by atoms with Gasteiger partial charge in [0.1, 0.15) is 19.8 Å². The first kappa shape index (κ1) is 78.8. The van der Waals surface area contributed by atoms with Gasteiger partial charge in [-0.25, -0.2) is 4.57 Å². The number of hydrogen-bond donors (Lipinski definition) is 1. The quantitative estimate of drug-likeness (QED) is 0.0211. The van der Waals surface area contributed by atoms with E-state index in [0.29, 0.717) is 17.4 Å². The molecule has 0 saturated heterocycles. The van der Waals surface area contributed by atoms with Crippen molar-refractivity contribution in [3.8, 4) is 0 Å². The van der Waals surface area contributed by atoms with E-state index >= 15 is 0 Å². The molecule has 0 spiro atoms. The molecular formula is C70H139NO8P+. The van der Waals surface area contributed by atoms with Crippen LogP contribution in [0, 0.1) is 0 Å². The molecule has 0 aromatic carbocycles. The number of rotatable bonds is 67. The lowest BCUT2D eigenvalue weighted by Gasteiger charge is -2.24. The summed E-state index contributed by atoms with van der Waals surface area (Å²) in [6, 6.07) is 0. The van der Waals surface area contributed by atoms with Crippen LogP contribution in [0.4, 0.5) is 0 Å². The van der Waals surface area contributed by atoms with Gasteiger partial charge in [-0.1, -0.05) is 334 Å². The van der Waals surface area contributed by atoms with Crippen molar-refractivity contribution < 1.29 is 42.1 Å². The minimum absolute atomic E-state index is 0.0368. The number of allylic oxidation sites excluding steroid dienone is 2. The number of esters is 2. The van der Waals surface area contributed by atoms with Crippen molar-refractivity contribution in [2.24, 2.45) is 0 Å². The number of unbranched alkanes of at least 4 members (excludes halogenated alkanes) is 51. The van der Waals surface area contributed by atoms with Gasteiger partial charge in [0.05, 0.1) is 27.7 Å². The molecule has 0 aromatic heterocycles. The lowest BCUT2D eigenvalue weighted by Crippen LogP contribution is -2.37. The molecule has 0 aliphatic heterocycles. The third-order valence-electron chi connectivity index (χ3n) is 16.3. The van der Waals surface area contributed by atoms with E-state index in [1.54, 1.807) is 0 Å². The van der Waals surface area contributed by atoms with Crippen molar-refractivity contribution in [2.75, 3.05) is 47.5 Å². The Bertz CT molecular complexity index is 1350. The number of carbonyl (C=O) groups excluding carboxylic acids is 2. The average Bonchev–Trinajstić information content (AvgIpc) is 3.42. The van der Waals surface area contributed by atoms with E-state index in [1.807, 2.05) is 21.1 Å². The molecule has 0 aliphatic rings. The van der Waals surface area contributed by atoms with Crippen LogP contribution in [0.1, 0.15) is 373 Å². The highest BCUT2D eigenvalue weighted by Crippen LogP contribution is 2.43. The highest BCUT2D eigenvalue weighted by Gasteiger charge is 2.27. The number of nitrogens with zero attached hydrogens (tertiary/aromatic N) is 1. The third-order valence-corrected chi connectivity index (χ3v) is 17.3. The highest BCUT2D eigenvalue weighted by molar-refractivity contribution is 7.47. The summed E-state index contributed by atoms with van der Waals surface area (Å²) < 4.78 is 34.7. The van der Waals surface area contributed by atoms with Crippen molar-refractivity contribution in [2.45, 2.75) is 380 Å². The van der Waals surface area contributed by atoms with E-state index in [4.69, 9.17) is 18.5 Å². The molecule has 0 amide bonds. The molecule has 0 heterocycles. The zero-order valence-corrected chi connectivity index (χ0v) is 55.3. The maximum atomic E-state index is 12.9. The Morgan fingerprint density at radius 2 is 0.637 bits per heavy atom. The van der Waals surface area contributed by atoms with Gasteiger partial charge < -0.3 is 18.9 Å². The smallest absolute Gasteiger partial charge is 0.462 e. The summed E-state index contributed by atoms with van der Waals surface area (Å²) in [7, 11) is 1.50. The topological polar surface area (TPSA) is 108 Å². The Kier molecular flexibility index (Phi) is 61.3. The molecule has 2 unspecified atom stereocenters. The fraction of sp³-hybridized carbons (Fsp3) is 0.943. The zero-order chi connectivity index (χ0) is 58.4. The van der Waals surface area contributed by atoms with E-state index in [-0.39, 0.29) is 25.6 Å². The third kappa shape index (κ3) is 65.9. The van der Waals surface area contributed by atoms with Crippen LogP contribution >= 0.6 is 7.82 Å². The molecule has 476 valence electrons. The molecule has 0 saturated carbocycles. The molecule has 1 N–H and O–H groups in total. The Morgan fingerprint density at radius 3 is 0.925 bits per heavy atom. The zero-order valence-electron chi connectivity index (χ0n) is 54.4. The number of hydrogen-bond acceptors (Lipinski definition) is 7. The highest BCUT2D eigenvalue weighted by atomic mass is 31.2. The second-order valence-corrected chi connectivity index (χ2v) is 27.1. The van der Waals surface area contributed by atoms with Crippen molar-refractivity contribution >= 4 is 19.8 Å². The van der Waals surface area contributed by atoms with Gasteiger partial charge in [-0.15, -0.1) is 0 Å². The fourth-order valence-electron chi connectivity index (χ4n) is 10.8. The van der Waals surface area contributed by atoms with Crippen LogP contribution in [-0.2, 0) is 32.7 Å². The molecule has 0 aliphatic carbocycles. The van der Waals surface area contributed by atoms with Gasteiger partial charge in [0.15, 0.2) is 6.10 Å². The Morgan fingerprint density at radius 1 is 0.375 bits per heavy atom. The van der Waals surface area contributed by atoms with Crippen molar-refractivity contribution in [1.82, 2.24) is 0 Å². The van der Waals surface area contributed by atoms with Crippen LogP contribution in [0.25, 0.3) is 0 Å². The number of likely N-dealkylation sites (N-methyl/N-ethyl adjacent to an activating group) is 1. The first-order chi connectivity index (χ1) is 39.0. The van der Waals surface area contributed by atoms with Gasteiger partial charge in [0, 0.05) is 12.8 Å². The van der Waals surface area contributed by atoms with Gasteiger partial charge >= 0.3 is 19.8 Å². The summed E-state index contributed by atoms with van der Waals surface area (Å²) >= 11 is 0. The van der Waals surface area contributed by atoms with E-state index in [2.05, 4.69) is 26.0 Å². The number of ether oxygens (including phenoxy) is 2. The SMILES string of the molecule is CCCCCCCCCC/C=C\CCCCCCCCCCCCCCCCCCCCCCCC(=O)OC(COC(=O)CCCCCCCCCCCCCCCCCCCCCCCCC)COP(=O)(O)OCC[N+](C)(C)C. The number of phosphoric ester groups is 1. The molecule has 0 radical (unpaired) electrons. The van der Waals surface area contributed by atoms with Crippen LogP contribution < -0.4 is 0 Å². The van der Waals surface area contributed by atoms with Crippen LogP contribution in [0.5, 0.6) is 0 Å². The largest absolute Gasteiger partial charge is 0.472 e. The second-order valence-electron chi connectivity index (χ2n) is 25.6. The number of phosphoric acid groups is 1. The van der Waals surface area contributed by atoms with Crippen molar-refractivity contribution in [1.29, 1.82) is 0 Å². The predicted octanol–water partition coefficient (Wildman–Crippen LogP) is 22.7. The fourth-order valence-corrected chi connectivity index (χ4v) is 11.6. The normalized spacial score (nSPS) is 13.1. The van der Waals surface area contributed by atoms with Gasteiger partial charge in [-0.3, -0.25) is 18.6 Å². The van der Waals surface area contributed by atoms with Gasteiger partial charge in [-0.2, -0.15) is 0 Å². The summed E-state index contributed by atoms with van der Waals surface area (Å²) in [6.45, 7) is 4.52. The first-order valence-electron chi connectivity index (χ1n) is 35.4. The molecule has 0 rings (SSSR count).